The Hall–Kier alpha value is -0.0800. The van der Waals surface area contributed by atoms with Crippen molar-refractivity contribution in [3.63, 3.8) is 0 Å². The zero-order valence-electron chi connectivity index (χ0n) is 12.9. The predicted octanol–water partition coefficient (Wildman–Crippen LogP) is 3.38. The average molecular weight is 242 g/mol. The van der Waals surface area contributed by atoms with Crippen LogP contribution in [0.3, 0.4) is 0 Å². The Morgan fingerprint density at radius 3 is 1.82 bits per heavy atom. The Bertz CT molecular complexity index is 156. The van der Waals surface area contributed by atoms with E-state index in [0.29, 0.717) is 6.04 Å². The van der Waals surface area contributed by atoms with Gasteiger partial charge in [-0.2, -0.15) is 0 Å². The van der Waals surface area contributed by atoms with Gasteiger partial charge in [-0.3, -0.25) is 0 Å². The summed E-state index contributed by atoms with van der Waals surface area (Å²) in [5.74, 6) is 1.56. The third kappa shape index (κ3) is 10.8. The van der Waals surface area contributed by atoms with Crippen molar-refractivity contribution < 1.29 is 0 Å². The van der Waals surface area contributed by atoms with Gasteiger partial charge in [0.15, 0.2) is 0 Å². The van der Waals surface area contributed by atoms with Crippen LogP contribution in [-0.4, -0.2) is 37.6 Å². The Kier molecular flexibility index (Phi) is 9.85. The molecule has 0 saturated carbocycles. The monoisotopic (exact) mass is 242 g/mol. The molecule has 2 heteroatoms. The molecule has 2 nitrogen and oxygen atoms in total. The average Bonchev–Trinajstić information content (AvgIpc) is 2.22. The lowest BCUT2D eigenvalue weighted by atomic mass is 10.1. The van der Waals surface area contributed by atoms with Crippen molar-refractivity contribution >= 4 is 0 Å². The summed E-state index contributed by atoms with van der Waals surface area (Å²) in [6.45, 7) is 15.3. The van der Waals surface area contributed by atoms with Crippen LogP contribution >= 0.6 is 0 Å². The van der Waals surface area contributed by atoms with Crippen LogP contribution in [0.2, 0.25) is 0 Å². The minimum Gasteiger partial charge on any atom is -0.317 e. The maximum Gasteiger partial charge on any atom is 0.00357 e. The van der Waals surface area contributed by atoms with Crippen LogP contribution in [-0.2, 0) is 0 Å². The van der Waals surface area contributed by atoms with Gasteiger partial charge < -0.3 is 10.2 Å². The standard InChI is InChI=1S/C15H34N2/c1-13(2)11-17(12-14(3)4)10-8-7-9-15(5)16-6/h13-16H,7-12H2,1-6H3. The molecule has 0 saturated heterocycles. The number of unbranched alkanes of at least 4 members (excludes halogenated alkanes) is 1. The number of hydrogen-bond acceptors (Lipinski definition) is 2. The minimum absolute atomic E-state index is 0.665. The molecule has 17 heavy (non-hydrogen) atoms. The summed E-state index contributed by atoms with van der Waals surface area (Å²) in [5, 5.41) is 3.30. The smallest absolute Gasteiger partial charge is 0.00357 e. The van der Waals surface area contributed by atoms with E-state index in [-0.39, 0.29) is 0 Å². The Balaban J connectivity index is 3.75. The molecule has 0 radical (unpaired) electrons. The van der Waals surface area contributed by atoms with E-state index >= 15 is 0 Å². The van der Waals surface area contributed by atoms with E-state index < -0.39 is 0 Å². The highest BCUT2D eigenvalue weighted by molar-refractivity contribution is 4.64. The first-order valence-electron chi connectivity index (χ1n) is 7.35. The maximum atomic E-state index is 3.30. The zero-order valence-corrected chi connectivity index (χ0v) is 12.9. The van der Waals surface area contributed by atoms with Crippen LogP contribution in [0.25, 0.3) is 0 Å². The van der Waals surface area contributed by atoms with E-state index in [2.05, 4.69) is 51.9 Å². The highest BCUT2D eigenvalue weighted by Gasteiger charge is 2.09. The predicted molar refractivity (Wildman–Crippen MR) is 78.5 cm³/mol. The molecule has 0 aliphatic rings. The molecule has 0 heterocycles. The third-order valence-electron chi connectivity index (χ3n) is 3.10. The Morgan fingerprint density at radius 2 is 1.41 bits per heavy atom. The van der Waals surface area contributed by atoms with E-state index in [1.807, 2.05) is 0 Å². The molecule has 1 atom stereocenters. The molecule has 1 unspecified atom stereocenters. The van der Waals surface area contributed by atoms with Crippen molar-refractivity contribution in [2.24, 2.45) is 11.8 Å². The second kappa shape index (κ2) is 9.90. The molecule has 0 aromatic carbocycles. The zero-order chi connectivity index (χ0) is 13.3. The topological polar surface area (TPSA) is 15.3 Å². The first-order valence-corrected chi connectivity index (χ1v) is 7.35. The quantitative estimate of drug-likeness (QED) is 0.591. The number of nitrogens with zero attached hydrogens (tertiary/aromatic N) is 1. The first kappa shape index (κ1) is 16.9. The van der Waals surface area contributed by atoms with E-state index in [1.54, 1.807) is 0 Å². The molecule has 0 aromatic heterocycles. The fourth-order valence-corrected chi connectivity index (χ4v) is 2.22. The summed E-state index contributed by atoms with van der Waals surface area (Å²) in [5.41, 5.74) is 0. The second-order valence-corrected chi connectivity index (χ2v) is 6.23. The van der Waals surface area contributed by atoms with Gasteiger partial charge in [-0.15, -0.1) is 0 Å². The molecule has 0 fully saturated rings. The van der Waals surface area contributed by atoms with E-state index in [1.165, 1.54) is 38.9 Å². The fraction of sp³-hybridized carbons (Fsp3) is 1.00. The molecule has 0 amide bonds. The normalized spacial score (nSPS) is 13.9. The molecule has 0 aliphatic heterocycles. The second-order valence-electron chi connectivity index (χ2n) is 6.23. The summed E-state index contributed by atoms with van der Waals surface area (Å²) in [6, 6.07) is 0.665. The van der Waals surface area contributed by atoms with Crippen molar-refractivity contribution in [3.05, 3.63) is 0 Å². The Labute approximate surface area is 109 Å². The molecule has 0 aliphatic carbocycles. The fourth-order valence-electron chi connectivity index (χ4n) is 2.22. The van der Waals surface area contributed by atoms with Gasteiger partial charge >= 0.3 is 0 Å². The summed E-state index contributed by atoms with van der Waals surface area (Å²) >= 11 is 0. The van der Waals surface area contributed by atoms with Gasteiger partial charge in [0.25, 0.3) is 0 Å². The van der Waals surface area contributed by atoms with E-state index in [9.17, 15) is 0 Å². The lowest BCUT2D eigenvalue weighted by Crippen LogP contribution is -2.32. The van der Waals surface area contributed by atoms with Crippen molar-refractivity contribution in [1.82, 2.24) is 10.2 Å². The van der Waals surface area contributed by atoms with Gasteiger partial charge in [-0.05, 0) is 45.2 Å². The highest BCUT2D eigenvalue weighted by atomic mass is 15.1. The van der Waals surface area contributed by atoms with Crippen LogP contribution in [0.15, 0.2) is 0 Å². The SMILES string of the molecule is CNC(C)CCCCN(CC(C)C)CC(C)C. The lowest BCUT2D eigenvalue weighted by Gasteiger charge is -2.26. The number of hydrogen-bond donors (Lipinski definition) is 1. The van der Waals surface area contributed by atoms with Crippen LogP contribution in [0.4, 0.5) is 0 Å². The molecular weight excluding hydrogens is 208 g/mol. The van der Waals surface area contributed by atoms with Crippen molar-refractivity contribution in [1.29, 1.82) is 0 Å². The summed E-state index contributed by atoms with van der Waals surface area (Å²) in [7, 11) is 2.05. The van der Waals surface area contributed by atoms with Crippen LogP contribution in [0.5, 0.6) is 0 Å². The largest absolute Gasteiger partial charge is 0.317 e. The van der Waals surface area contributed by atoms with Gasteiger partial charge in [-0.1, -0.05) is 34.1 Å². The molecule has 0 bridgehead atoms. The number of rotatable bonds is 10. The van der Waals surface area contributed by atoms with E-state index in [0.717, 1.165) is 11.8 Å². The van der Waals surface area contributed by atoms with Gasteiger partial charge in [-0.25, -0.2) is 0 Å². The van der Waals surface area contributed by atoms with Crippen LogP contribution in [0, 0.1) is 11.8 Å². The summed E-state index contributed by atoms with van der Waals surface area (Å²) in [6.07, 6.45) is 3.98. The van der Waals surface area contributed by atoms with Crippen molar-refractivity contribution in [2.45, 2.75) is 59.9 Å². The lowest BCUT2D eigenvalue weighted by molar-refractivity contribution is 0.214. The maximum absolute atomic E-state index is 3.30. The van der Waals surface area contributed by atoms with Gasteiger partial charge in [0.2, 0.25) is 0 Å². The molecule has 0 spiro atoms. The highest BCUT2D eigenvalue weighted by Crippen LogP contribution is 2.07. The van der Waals surface area contributed by atoms with Gasteiger partial charge in [0.1, 0.15) is 0 Å². The molecular formula is C15H34N2. The van der Waals surface area contributed by atoms with Crippen molar-refractivity contribution in [2.75, 3.05) is 26.7 Å². The van der Waals surface area contributed by atoms with E-state index in [4.69, 9.17) is 0 Å². The molecule has 104 valence electrons. The van der Waals surface area contributed by atoms with Gasteiger partial charge in [0.05, 0.1) is 0 Å². The molecule has 0 rings (SSSR count). The van der Waals surface area contributed by atoms with Crippen LogP contribution < -0.4 is 5.32 Å². The van der Waals surface area contributed by atoms with Crippen molar-refractivity contribution in [3.8, 4) is 0 Å². The number of nitrogens with one attached hydrogen (secondary N) is 1. The summed E-state index contributed by atoms with van der Waals surface area (Å²) in [4.78, 5) is 2.64. The minimum atomic E-state index is 0.665. The molecule has 0 aromatic rings. The summed E-state index contributed by atoms with van der Waals surface area (Å²) < 4.78 is 0. The Morgan fingerprint density at radius 1 is 0.882 bits per heavy atom. The third-order valence-corrected chi connectivity index (χ3v) is 3.10. The molecule has 1 N–H and O–H groups in total. The first-order chi connectivity index (χ1) is 7.95. The van der Waals surface area contributed by atoms with Crippen LogP contribution in [0.1, 0.15) is 53.9 Å². The van der Waals surface area contributed by atoms with Gasteiger partial charge in [0, 0.05) is 19.1 Å².